The topological polar surface area (TPSA) is 43.4 Å². The fourth-order valence-electron chi connectivity index (χ4n) is 2.76. The molecule has 0 saturated carbocycles. The predicted molar refractivity (Wildman–Crippen MR) is 111 cm³/mol. The molecule has 0 spiro atoms. The van der Waals surface area contributed by atoms with Crippen LogP contribution in [-0.4, -0.2) is 12.1 Å². The summed E-state index contributed by atoms with van der Waals surface area (Å²) in [6.45, 7) is 4.14. The zero-order valence-electron chi connectivity index (χ0n) is 15.6. The highest BCUT2D eigenvalue weighted by Gasteiger charge is 2.06. The zero-order valence-corrected chi connectivity index (χ0v) is 16.5. The van der Waals surface area contributed by atoms with Gasteiger partial charge in [-0.3, -0.25) is 4.98 Å². The second-order valence-electron chi connectivity index (χ2n) is 6.23. The summed E-state index contributed by atoms with van der Waals surface area (Å²) in [5, 5.41) is 3.42. The lowest BCUT2D eigenvalue weighted by molar-refractivity contribution is 0.284. The molecule has 3 aromatic rings. The molecular weight excluding hydrogens is 360 g/mol. The van der Waals surface area contributed by atoms with E-state index in [4.69, 9.17) is 9.47 Å². The zero-order chi connectivity index (χ0) is 18.2. The molecule has 0 saturated heterocycles. The fourth-order valence-corrected chi connectivity index (χ4v) is 2.76. The van der Waals surface area contributed by atoms with E-state index in [-0.39, 0.29) is 12.4 Å². The van der Waals surface area contributed by atoms with E-state index in [0.29, 0.717) is 6.61 Å². The van der Waals surface area contributed by atoms with Crippen LogP contribution in [0.1, 0.15) is 22.3 Å². The van der Waals surface area contributed by atoms with Gasteiger partial charge in [-0.2, -0.15) is 0 Å². The van der Waals surface area contributed by atoms with E-state index in [0.717, 1.165) is 41.3 Å². The summed E-state index contributed by atoms with van der Waals surface area (Å²) in [5.41, 5.74) is 4.69. The Hall–Kier alpha value is -2.56. The number of rotatable bonds is 8. The molecule has 0 bridgehead atoms. The first kappa shape index (κ1) is 20.7. The number of hydrogen-bond donors (Lipinski definition) is 1. The SMILES string of the molecule is COc1cc(CNCc2cccnc2)ccc1OCc1cccc(C)c1.Cl. The Kier molecular flexibility index (Phi) is 8.11. The number of halogens is 1. The van der Waals surface area contributed by atoms with E-state index in [2.05, 4.69) is 47.6 Å². The van der Waals surface area contributed by atoms with Crippen LogP contribution >= 0.6 is 12.4 Å². The number of benzene rings is 2. The monoisotopic (exact) mass is 384 g/mol. The van der Waals surface area contributed by atoms with Gasteiger partial charge in [-0.05, 0) is 41.8 Å². The molecule has 5 heteroatoms. The summed E-state index contributed by atoms with van der Waals surface area (Å²) in [6, 6.07) is 18.4. The third kappa shape index (κ3) is 6.27. The first-order chi connectivity index (χ1) is 12.7. The van der Waals surface area contributed by atoms with Gasteiger partial charge >= 0.3 is 0 Å². The molecule has 2 aromatic carbocycles. The van der Waals surface area contributed by atoms with Gasteiger partial charge in [-0.25, -0.2) is 0 Å². The Morgan fingerprint density at radius 1 is 0.889 bits per heavy atom. The fraction of sp³-hybridized carbons (Fsp3) is 0.227. The highest BCUT2D eigenvalue weighted by Crippen LogP contribution is 2.29. The van der Waals surface area contributed by atoms with Crippen molar-refractivity contribution in [2.75, 3.05) is 7.11 Å². The Labute approximate surface area is 167 Å². The minimum atomic E-state index is 0. The number of ether oxygens (including phenoxy) is 2. The third-order valence-corrected chi connectivity index (χ3v) is 4.09. The standard InChI is InChI=1S/C22H24N2O2.ClH/c1-17-5-3-6-19(11-17)16-26-21-9-8-18(12-22(21)25-2)13-24-15-20-7-4-10-23-14-20;/h3-12,14,24H,13,15-16H2,1-2H3;1H. The van der Waals surface area contributed by atoms with E-state index in [1.165, 1.54) is 5.56 Å². The van der Waals surface area contributed by atoms with Gasteiger partial charge in [0.1, 0.15) is 6.61 Å². The van der Waals surface area contributed by atoms with Gasteiger partial charge in [0, 0.05) is 25.5 Å². The molecule has 142 valence electrons. The smallest absolute Gasteiger partial charge is 0.161 e. The molecule has 1 N–H and O–H groups in total. The van der Waals surface area contributed by atoms with Crippen LogP contribution in [0.15, 0.2) is 67.0 Å². The summed E-state index contributed by atoms with van der Waals surface area (Å²) in [5.74, 6) is 1.50. The third-order valence-electron chi connectivity index (χ3n) is 4.09. The number of nitrogens with one attached hydrogen (secondary N) is 1. The highest BCUT2D eigenvalue weighted by atomic mass is 35.5. The molecule has 0 aliphatic rings. The van der Waals surface area contributed by atoms with Gasteiger partial charge in [-0.15, -0.1) is 12.4 Å². The van der Waals surface area contributed by atoms with E-state index >= 15 is 0 Å². The Bertz CT molecular complexity index is 841. The summed E-state index contributed by atoms with van der Waals surface area (Å²) in [6.07, 6.45) is 3.65. The molecule has 0 fully saturated rings. The maximum Gasteiger partial charge on any atom is 0.161 e. The number of aryl methyl sites for hydroxylation is 1. The van der Waals surface area contributed by atoms with Crippen molar-refractivity contribution >= 4 is 12.4 Å². The van der Waals surface area contributed by atoms with Crippen molar-refractivity contribution in [2.24, 2.45) is 0 Å². The number of aromatic nitrogens is 1. The van der Waals surface area contributed by atoms with Gasteiger partial charge in [0.2, 0.25) is 0 Å². The van der Waals surface area contributed by atoms with Crippen molar-refractivity contribution in [1.29, 1.82) is 0 Å². The van der Waals surface area contributed by atoms with Crippen molar-refractivity contribution < 1.29 is 9.47 Å². The van der Waals surface area contributed by atoms with Gasteiger partial charge in [0.15, 0.2) is 11.5 Å². The van der Waals surface area contributed by atoms with Crippen LogP contribution in [0, 0.1) is 6.92 Å². The van der Waals surface area contributed by atoms with Crippen molar-refractivity contribution in [3.63, 3.8) is 0 Å². The molecule has 4 nitrogen and oxygen atoms in total. The summed E-state index contributed by atoms with van der Waals surface area (Å²) in [7, 11) is 1.67. The molecule has 0 atom stereocenters. The van der Waals surface area contributed by atoms with E-state index in [1.54, 1.807) is 13.3 Å². The van der Waals surface area contributed by atoms with Crippen LogP contribution in [-0.2, 0) is 19.7 Å². The molecule has 0 amide bonds. The van der Waals surface area contributed by atoms with E-state index in [1.807, 2.05) is 30.5 Å². The van der Waals surface area contributed by atoms with Crippen LogP contribution in [0.2, 0.25) is 0 Å². The maximum absolute atomic E-state index is 5.94. The first-order valence-corrected chi connectivity index (χ1v) is 8.69. The van der Waals surface area contributed by atoms with Crippen molar-refractivity contribution in [3.05, 3.63) is 89.2 Å². The highest BCUT2D eigenvalue weighted by molar-refractivity contribution is 5.85. The van der Waals surface area contributed by atoms with Crippen LogP contribution in [0.3, 0.4) is 0 Å². The van der Waals surface area contributed by atoms with Crippen LogP contribution in [0.5, 0.6) is 11.5 Å². The predicted octanol–water partition coefficient (Wildman–Crippen LogP) is 4.69. The number of hydrogen-bond acceptors (Lipinski definition) is 4. The summed E-state index contributed by atoms with van der Waals surface area (Å²) < 4.78 is 11.4. The average molecular weight is 385 g/mol. The normalized spacial score (nSPS) is 10.1. The lowest BCUT2D eigenvalue weighted by Crippen LogP contribution is -2.12. The maximum atomic E-state index is 5.94. The quantitative estimate of drug-likeness (QED) is 0.611. The van der Waals surface area contributed by atoms with Crippen molar-refractivity contribution in [3.8, 4) is 11.5 Å². The molecular formula is C22H25ClN2O2. The molecule has 0 unspecified atom stereocenters. The number of methoxy groups -OCH3 is 1. The Morgan fingerprint density at radius 3 is 2.44 bits per heavy atom. The van der Waals surface area contributed by atoms with E-state index < -0.39 is 0 Å². The molecule has 1 aromatic heterocycles. The van der Waals surface area contributed by atoms with Gasteiger partial charge < -0.3 is 14.8 Å². The van der Waals surface area contributed by atoms with Crippen molar-refractivity contribution in [1.82, 2.24) is 10.3 Å². The molecule has 1 heterocycles. The van der Waals surface area contributed by atoms with Gasteiger partial charge in [0.05, 0.1) is 7.11 Å². The second kappa shape index (κ2) is 10.6. The lowest BCUT2D eigenvalue weighted by atomic mass is 10.1. The lowest BCUT2D eigenvalue weighted by Gasteiger charge is -2.13. The Balaban J connectivity index is 0.00000261. The van der Waals surface area contributed by atoms with E-state index in [9.17, 15) is 0 Å². The molecule has 0 aliphatic heterocycles. The van der Waals surface area contributed by atoms with Crippen LogP contribution in [0.25, 0.3) is 0 Å². The minimum absolute atomic E-state index is 0. The molecule has 0 radical (unpaired) electrons. The van der Waals surface area contributed by atoms with Gasteiger partial charge in [0.25, 0.3) is 0 Å². The Morgan fingerprint density at radius 2 is 1.70 bits per heavy atom. The number of nitrogens with zero attached hydrogens (tertiary/aromatic N) is 1. The number of pyridine rings is 1. The summed E-state index contributed by atoms with van der Waals surface area (Å²) >= 11 is 0. The van der Waals surface area contributed by atoms with Crippen molar-refractivity contribution in [2.45, 2.75) is 26.6 Å². The summed E-state index contributed by atoms with van der Waals surface area (Å²) in [4.78, 5) is 4.12. The average Bonchev–Trinajstić information content (AvgIpc) is 2.67. The first-order valence-electron chi connectivity index (χ1n) is 8.69. The van der Waals surface area contributed by atoms with Crippen LogP contribution < -0.4 is 14.8 Å². The minimum Gasteiger partial charge on any atom is -0.493 e. The largest absolute Gasteiger partial charge is 0.493 e. The second-order valence-corrected chi connectivity index (χ2v) is 6.23. The molecule has 27 heavy (non-hydrogen) atoms. The molecule has 0 aliphatic carbocycles. The molecule has 3 rings (SSSR count). The van der Waals surface area contributed by atoms with Gasteiger partial charge in [-0.1, -0.05) is 42.0 Å². The van der Waals surface area contributed by atoms with Crippen LogP contribution in [0.4, 0.5) is 0 Å².